The Morgan fingerprint density at radius 2 is 1.26 bits per heavy atom. The van der Waals surface area contributed by atoms with Gasteiger partial charge in [0.05, 0.1) is 0 Å². The van der Waals surface area contributed by atoms with E-state index in [-0.39, 0.29) is 0 Å². The van der Waals surface area contributed by atoms with Crippen molar-refractivity contribution in [3.8, 4) is 11.8 Å². The lowest BCUT2D eigenvalue weighted by Crippen LogP contribution is -2.12. The van der Waals surface area contributed by atoms with E-state index in [4.69, 9.17) is 17.3 Å². The SMILES string of the molecule is [B]c1ccc(OCc2ccccc2)nc1OCc1ccccc1. The van der Waals surface area contributed by atoms with Crippen molar-refractivity contribution in [2.75, 3.05) is 0 Å². The summed E-state index contributed by atoms with van der Waals surface area (Å²) in [6.07, 6.45) is 0. The van der Waals surface area contributed by atoms with Gasteiger partial charge in [-0.3, -0.25) is 0 Å². The van der Waals surface area contributed by atoms with Crippen molar-refractivity contribution in [3.63, 3.8) is 0 Å². The van der Waals surface area contributed by atoms with Crippen LogP contribution in [0, 0.1) is 0 Å². The van der Waals surface area contributed by atoms with E-state index in [9.17, 15) is 0 Å². The summed E-state index contributed by atoms with van der Waals surface area (Å²) < 4.78 is 11.4. The van der Waals surface area contributed by atoms with Crippen LogP contribution in [0.1, 0.15) is 11.1 Å². The van der Waals surface area contributed by atoms with Crippen LogP contribution in [0.4, 0.5) is 0 Å². The molecule has 3 aromatic rings. The minimum Gasteiger partial charge on any atom is -0.473 e. The van der Waals surface area contributed by atoms with E-state index >= 15 is 0 Å². The summed E-state index contributed by atoms with van der Waals surface area (Å²) in [7, 11) is 5.92. The Balaban J connectivity index is 1.64. The number of benzene rings is 2. The van der Waals surface area contributed by atoms with E-state index in [1.165, 1.54) is 0 Å². The zero-order valence-electron chi connectivity index (χ0n) is 12.7. The van der Waals surface area contributed by atoms with Gasteiger partial charge in [-0.1, -0.05) is 66.7 Å². The summed E-state index contributed by atoms with van der Waals surface area (Å²) in [5, 5.41) is 0. The maximum absolute atomic E-state index is 5.92. The Morgan fingerprint density at radius 1 is 0.696 bits per heavy atom. The molecule has 0 saturated heterocycles. The molecule has 1 heterocycles. The van der Waals surface area contributed by atoms with E-state index in [0.717, 1.165) is 11.1 Å². The number of nitrogens with zero attached hydrogens (tertiary/aromatic N) is 1. The smallest absolute Gasteiger partial charge is 0.216 e. The number of rotatable bonds is 6. The minimum absolute atomic E-state index is 0.388. The lowest BCUT2D eigenvalue weighted by molar-refractivity contribution is 0.269. The van der Waals surface area contributed by atoms with Crippen LogP contribution in [0.25, 0.3) is 0 Å². The van der Waals surface area contributed by atoms with E-state index in [1.807, 2.05) is 60.7 Å². The van der Waals surface area contributed by atoms with Crippen molar-refractivity contribution in [2.24, 2.45) is 0 Å². The molecule has 1 aromatic heterocycles. The van der Waals surface area contributed by atoms with Gasteiger partial charge in [0.1, 0.15) is 21.1 Å². The molecule has 0 amide bonds. The topological polar surface area (TPSA) is 31.4 Å². The van der Waals surface area contributed by atoms with E-state index in [0.29, 0.717) is 30.4 Å². The Labute approximate surface area is 137 Å². The zero-order chi connectivity index (χ0) is 15.9. The third-order valence-corrected chi connectivity index (χ3v) is 3.31. The first-order chi connectivity index (χ1) is 11.3. The van der Waals surface area contributed by atoms with Crippen molar-refractivity contribution in [2.45, 2.75) is 13.2 Å². The van der Waals surface area contributed by atoms with Gasteiger partial charge in [-0.05, 0) is 22.7 Å². The van der Waals surface area contributed by atoms with Crippen LogP contribution in [0.5, 0.6) is 11.8 Å². The molecule has 3 rings (SSSR count). The molecule has 0 N–H and O–H groups in total. The quantitative estimate of drug-likeness (QED) is 0.656. The third kappa shape index (κ3) is 4.36. The first-order valence-corrected chi connectivity index (χ1v) is 7.41. The average Bonchev–Trinajstić information content (AvgIpc) is 2.62. The molecular weight excluding hydrogens is 285 g/mol. The van der Waals surface area contributed by atoms with E-state index < -0.39 is 0 Å². The lowest BCUT2D eigenvalue weighted by atomic mass is 9.98. The summed E-state index contributed by atoms with van der Waals surface area (Å²) in [6, 6.07) is 23.3. The van der Waals surface area contributed by atoms with E-state index in [2.05, 4.69) is 4.98 Å². The van der Waals surface area contributed by atoms with Gasteiger partial charge in [0.25, 0.3) is 0 Å². The fourth-order valence-electron chi connectivity index (χ4n) is 2.09. The van der Waals surface area contributed by atoms with Gasteiger partial charge in [0, 0.05) is 0 Å². The predicted molar refractivity (Wildman–Crippen MR) is 91.2 cm³/mol. The molecule has 0 aliphatic carbocycles. The summed E-state index contributed by atoms with van der Waals surface area (Å²) >= 11 is 0. The van der Waals surface area contributed by atoms with Crippen molar-refractivity contribution in [1.82, 2.24) is 4.98 Å². The van der Waals surface area contributed by atoms with Gasteiger partial charge >= 0.3 is 0 Å². The third-order valence-electron chi connectivity index (χ3n) is 3.31. The first kappa shape index (κ1) is 15.2. The van der Waals surface area contributed by atoms with Crippen LogP contribution in [0.15, 0.2) is 72.8 Å². The second kappa shape index (κ2) is 7.50. The molecule has 2 aromatic carbocycles. The molecule has 0 unspecified atom stereocenters. The fourth-order valence-corrected chi connectivity index (χ4v) is 2.09. The van der Waals surface area contributed by atoms with Gasteiger partial charge in [-0.25, -0.2) is 0 Å². The first-order valence-electron chi connectivity index (χ1n) is 7.41. The Kier molecular flexibility index (Phi) is 4.94. The molecule has 3 nitrogen and oxygen atoms in total. The lowest BCUT2D eigenvalue weighted by Gasteiger charge is -2.11. The van der Waals surface area contributed by atoms with Crippen molar-refractivity contribution >= 4 is 13.3 Å². The van der Waals surface area contributed by atoms with Crippen LogP contribution in [0.2, 0.25) is 0 Å². The molecule has 0 atom stereocenters. The maximum atomic E-state index is 5.92. The minimum atomic E-state index is 0.388. The molecule has 0 aliphatic heterocycles. The Hall–Kier alpha value is -2.75. The highest BCUT2D eigenvalue weighted by atomic mass is 16.5. The van der Waals surface area contributed by atoms with Crippen LogP contribution in [-0.2, 0) is 13.2 Å². The van der Waals surface area contributed by atoms with Crippen LogP contribution < -0.4 is 14.9 Å². The summed E-state index contributed by atoms with van der Waals surface area (Å²) in [4.78, 5) is 4.33. The molecule has 23 heavy (non-hydrogen) atoms. The molecule has 0 fully saturated rings. The van der Waals surface area contributed by atoms with Crippen LogP contribution >= 0.6 is 0 Å². The highest BCUT2D eigenvalue weighted by Gasteiger charge is 2.05. The van der Waals surface area contributed by atoms with Crippen molar-refractivity contribution in [1.29, 1.82) is 0 Å². The number of aromatic nitrogens is 1. The average molecular weight is 301 g/mol. The summed E-state index contributed by atoms with van der Waals surface area (Å²) in [6.45, 7) is 0.871. The fraction of sp³-hybridized carbons (Fsp3) is 0.105. The van der Waals surface area contributed by atoms with Gasteiger partial charge in [0.15, 0.2) is 0 Å². The van der Waals surface area contributed by atoms with Crippen LogP contribution in [-0.4, -0.2) is 12.8 Å². The molecule has 112 valence electrons. The molecule has 0 saturated carbocycles. The number of hydrogen-bond acceptors (Lipinski definition) is 3. The van der Waals surface area contributed by atoms with Gasteiger partial charge < -0.3 is 9.47 Å². The largest absolute Gasteiger partial charge is 0.473 e. The Bertz CT molecular complexity index is 748. The van der Waals surface area contributed by atoms with Crippen LogP contribution in [0.3, 0.4) is 0 Å². The normalized spacial score (nSPS) is 10.3. The second-order valence-corrected chi connectivity index (χ2v) is 5.09. The standard InChI is InChI=1S/C19H16BNO2/c20-17-11-12-18(22-13-15-7-3-1-4-8-15)21-19(17)23-14-16-9-5-2-6-10-16/h1-12H,13-14H2. The summed E-state index contributed by atoms with van der Waals surface area (Å²) in [5.41, 5.74) is 2.63. The van der Waals surface area contributed by atoms with Crippen molar-refractivity contribution in [3.05, 3.63) is 83.9 Å². The predicted octanol–water partition coefficient (Wildman–Crippen LogP) is 3.03. The number of pyridine rings is 1. The molecular formula is C19H16BNO2. The van der Waals surface area contributed by atoms with Gasteiger partial charge in [-0.15, -0.1) is 0 Å². The molecule has 0 bridgehead atoms. The number of hydrogen-bond donors (Lipinski definition) is 0. The molecule has 0 aliphatic rings. The highest BCUT2D eigenvalue weighted by molar-refractivity contribution is 6.33. The number of ether oxygens (including phenoxy) is 2. The molecule has 0 spiro atoms. The molecule has 4 heteroatoms. The van der Waals surface area contributed by atoms with Gasteiger partial charge in [0.2, 0.25) is 11.8 Å². The van der Waals surface area contributed by atoms with Crippen molar-refractivity contribution < 1.29 is 9.47 Å². The van der Waals surface area contributed by atoms with E-state index in [1.54, 1.807) is 12.1 Å². The maximum Gasteiger partial charge on any atom is 0.216 e. The highest BCUT2D eigenvalue weighted by Crippen LogP contribution is 2.14. The monoisotopic (exact) mass is 301 g/mol. The second-order valence-electron chi connectivity index (χ2n) is 5.09. The molecule has 2 radical (unpaired) electrons. The summed E-state index contributed by atoms with van der Waals surface area (Å²) in [5.74, 6) is 0.880. The zero-order valence-corrected chi connectivity index (χ0v) is 12.7. The Morgan fingerprint density at radius 3 is 1.87 bits per heavy atom. The van der Waals surface area contributed by atoms with Gasteiger partial charge in [-0.2, -0.15) is 4.98 Å².